The molecule has 0 atom stereocenters. The second-order valence-electron chi connectivity index (χ2n) is 15.6. The van der Waals surface area contributed by atoms with E-state index in [1.807, 2.05) is 0 Å². The Balaban J connectivity index is 1.11. The second-order valence-corrected chi connectivity index (χ2v) is 15.6. The largest absolute Gasteiger partial charge is 0.309 e. The van der Waals surface area contributed by atoms with Crippen molar-refractivity contribution in [2.45, 2.75) is 19.3 Å². The first kappa shape index (κ1) is 30.5. The van der Waals surface area contributed by atoms with Gasteiger partial charge in [0.15, 0.2) is 0 Å². The summed E-state index contributed by atoms with van der Waals surface area (Å²) in [5.74, 6) is 0.930. The van der Waals surface area contributed by atoms with E-state index in [1.54, 1.807) is 0 Å². The number of para-hydroxylation sites is 2. The van der Waals surface area contributed by atoms with Crippen LogP contribution in [0.25, 0.3) is 99.0 Å². The zero-order valence-electron chi connectivity index (χ0n) is 30.6. The molecule has 0 saturated carbocycles. The number of rotatable bonds is 3. The molecule has 55 heavy (non-hydrogen) atoms. The van der Waals surface area contributed by atoms with Gasteiger partial charge in [-0.1, -0.05) is 129 Å². The number of hydrogen-bond donors (Lipinski definition) is 0. The molecular formula is C52H35N3. The van der Waals surface area contributed by atoms with Crippen LogP contribution >= 0.6 is 0 Å². The topological polar surface area (TPSA) is 22.8 Å². The maximum Gasteiger partial charge on any atom is 0.145 e. The van der Waals surface area contributed by atoms with Crippen LogP contribution in [0.5, 0.6) is 0 Å². The van der Waals surface area contributed by atoms with Gasteiger partial charge >= 0.3 is 0 Å². The summed E-state index contributed by atoms with van der Waals surface area (Å²) in [6.07, 6.45) is 0. The zero-order chi connectivity index (χ0) is 36.4. The van der Waals surface area contributed by atoms with Gasteiger partial charge in [0, 0.05) is 38.5 Å². The van der Waals surface area contributed by atoms with Crippen LogP contribution in [-0.4, -0.2) is 14.1 Å². The third-order valence-electron chi connectivity index (χ3n) is 12.3. The number of nitrogens with zero attached hydrogens (tertiary/aromatic N) is 3. The van der Waals surface area contributed by atoms with Crippen molar-refractivity contribution in [2.75, 3.05) is 0 Å². The van der Waals surface area contributed by atoms with E-state index < -0.39 is 0 Å². The number of benzene rings is 9. The Bertz CT molecular complexity index is 3390. The van der Waals surface area contributed by atoms with Crippen molar-refractivity contribution in [1.29, 1.82) is 0 Å². The Hall–Kier alpha value is -6.97. The van der Waals surface area contributed by atoms with Gasteiger partial charge in [0.2, 0.25) is 0 Å². The van der Waals surface area contributed by atoms with Crippen molar-refractivity contribution < 1.29 is 0 Å². The van der Waals surface area contributed by atoms with Crippen molar-refractivity contribution in [3.05, 3.63) is 187 Å². The van der Waals surface area contributed by atoms with Crippen LogP contribution in [0, 0.1) is 0 Å². The predicted molar refractivity (Wildman–Crippen MR) is 231 cm³/mol. The number of hydrogen-bond acceptors (Lipinski definition) is 1. The van der Waals surface area contributed by atoms with Crippen LogP contribution in [-0.2, 0) is 5.41 Å². The van der Waals surface area contributed by atoms with Crippen LogP contribution in [0.4, 0.5) is 0 Å². The van der Waals surface area contributed by atoms with E-state index in [-0.39, 0.29) is 5.41 Å². The van der Waals surface area contributed by atoms with Gasteiger partial charge in [-0.25, -0.2) is 4.98 Å². The van der Waals surface area contributed by atoms with Gasteiger partial charge < -0.3 is 4.57 Å². The molecule has 12 rings (SSSR count). The third-order valence-corrected chi connectivity index (χ3v) is 12.3. The number of imidazole rings is 1. The van der Waals surface area contributed by atoms with E-state index in [1.165, 1.54) is 76.4 Å². The molecule has 0 spiro atoms. The minimum atomic E-state index is -0.106. The summed E-state index contributed by atoms with van der Waals surface area (Å²) < 4.78 is 4.82. The summed E-state index contributed by atoms with van der Waals surface area (Å²) in [5, 5.41) is 10.0. The lowest BCUT2D eigenvalue weighted by molar-refractivity contribution is 0.661. The molecule has 258 valence electrons. The summed E-state index contributed by atoms with van der Waals surface area (Å²) in [6, 6.07) is 64.6. The van der Waals surface area contributed by atoms with Crippen molar-refractivity contribution in [3.8, 4) is 33.9 Å². The zero-order valence-corrected chi connectivity index (χ0v) is 30.6. The summed E-state index contributed by atoms with van der Waals surface area (Å²) in [5.41, 5.74) is 13.2. The molecular weight excluding hydrogens is 667 g/mol. The average molecular weight is 702 g/mol. The molecule has 0 bridgehead atoms. The quantitative estimate of drug-likeness (QED) is 0.168. The highest BCUT2D eigenvalue weighted by Gasteiger charge is 2.36. The minimum absolute atomic E-state index is 0.106. The highest BCUT2D eigenvalue weighted by molar-refractivity contribution is 6.23. The fraction of sp³-hybridized carbons (Fsp3) is 0.0577. The van der Waals surface area contributed by atoms with Crippen molar-refractivity contribution in [2.24, 2.45) is 0 Å². The van der Waals surface area contributed by atoms with Crippen LogP contribution in [0.1, 0.15) is 25.0 Å². The summed E-state index contributed by atoms with van der Waals surface area (Å²) in [4.78, 5) is 5.23. The lowest BCUT2D eigenvalue weighted by Gasteiger charge is -2.21. The van der Waals surface area contributed by atoms with E-state index in [0.717, 1.165) is 33.8 Å². The Morgan fingerprint density at radius 3 is 1.98 bits per heavy atom. The molecule has 0 saturated heterocycles. The van der Waals surface area contributed by atoms with Gasteiger partial charge in [0.1, 0.15) is 5.82 Å². The summed E-state index contributed by atoms with van der Waals surface area (Å²) in [6.45, 7) is 4.74. The molecule has 0 N–H and O–H groups in total. The molecule has 2 aromatic heterocycles. The number of fused-ring (bicyclic) bond motifs is 12. The molecule has 1 aliphatic carbocycles. The monoisotopic (exact) mass is 701 g/mol. The predicted octanol–water partition coefficient (Wildman–Crippen LogP) is 13.6. The molecule has 0 amide bonds. The van der Waals surface area contributed by atoms with Gasteiger partial charge in [0.25, 0.3) is 0 Å². The normalized spacial score (nSPS) is 13.4. The standard InChI is InChI=1S/C52H35N3/c1-52(2)45-16-8-7-15-40(45)43-30-44-42-28-27-39-38-14-6-5-12-33(38)22-26-41(39)50(42)54(49(44)31-46(43)52)36-23-20-34(21-24-36)51-53-47-17-9-10-18-48(47)55(51)37-25-19-32-11-3-4-13-35(32)29-37/h3-31H,1-2H3. The molecule has 2 heterocycles. The Kier molecular flexibility index (Phi) is 6.12. The minimum Gasteiger partial charge on any atom is -0.309 e. The van der Waals surface area contributed by atoms with Gasteiger partial charge in [0.05, 0.1) is 22.1 Å². The van der Waals surface area contributed by atoms with E-state index in [4.69, 9.17) is 4.98 Å². The molecule has 11 aromatic rings. The van der Waals surface area contributed by atoms with Crippen molar-refractivity contribution in [3.63, 3.8) is 0 Å². The average Bonchev–Trinajstić information content (AvgIpc) is 3.86. The first-order valence-corrected chi connectivity index (χ1v) is 19.1. The fourth-order valence-corrected chi connectivity index (χ4v) is 9.61. The van der Waals surface area contributed by atoms with Gasteiger partial charge in [-0.3, -0.25) is 4.57 Å². The maximum absolute atomic E-state index is 5.23. The van der Waals surface area contributed by atoms with Crippen LogP contribution in [0.2, 0.25) is 0 Å². The lowest BCUT2D eigenvalue weighted by atomic mass is 9.82. The highest BCUT2D eigenvalue weighted by Crippen LogP contribution is 2.51. The Morgan fingerprint density at radius 2 is 1.09 bits per heavy atom. The summed E-state index contributed by atoms with van der Waals surface area (Å²) >= 11 is 0. The summed E-state index contributed by atoms with van der Waals surface area (Å²) in [7, 11) is 0. The molecule has 0 radical (unpaired) electrons. The van der Waals surface area contributed by atoms with Crippen molar-refractivity contribution >= 4 is 65.2 Å². The first-order valence-electron chi connectivity index (χ1n) is 19.1. The van der Waals surface area contributed by atoms with E-state index in [9.17, 15) is 0 Å². The molecule has 0 fully saturated rings. The molecule has 0 aliphatic heterocycles. The lowest BCUT2D eigenvalue weighted by Crippen LogP contribution is -2.14. The smallest absolute Gasteiger partial charge is 0.145 e. The third kappa shape index (κ3) is 4.24. The molecule has 0 unspecified atom stereocenters. The van der Waals surface area contributed by atoms with Crippen LogP contribution < -0.4 is 0 Å². The van der Waals surface area contributed by atoms with Crippen LogP contribution in [0.15, 0.2) is 176 Å². The highest BCUT2D eigenvalue weighted by atomic mass is 15.1. The first-order chi connectivity index (χ1) is 27.0. The fourth-order valence-electron chi connectivity index (χ4n) is 9.61. The molecule has 3 nitrogen and oxygen atoms in total. The Morgan fingerprint density at radius 1 is 0.418 bits per heavy atom. The van der Waals surface area contributed by atoms with E-state index >= 15 is 0 Å². The van der Waals surface area contributed by atoms with E-state index in [0.29, 0.717) is 0 Å². The Labute approximate surface area is 318 Å². The SMILES string of the molecule is CC1(C)c2ccccc2-c2cc3c4ccc5c6ccccc6ccc5c4n(-c4ccc(-c5nc6ccccc6n5-c5ccc6ccccc6c5)cc4)c3cc21. The van der Waals surface area contributed by atoms with Gasteiger partial charge in [-0.2, -0.15) is 0 Å². The molecule has 3 heteroatoms. The van der Waals surface area contributed by atoms with E-state index in [2.05, 4.69) is 199 Å². The van der Waals surface area contributed by atoms with Crippen molar-refractivity contribution in [1.82, 2.24) is 14.1 Å². The number of aromatic nitrogens is 3. The van der Waals surface area contributed by atoms with Crippen LogP contribution in [0.3, 0.4) is 0 Å². The molecule has 1 aliphatic rings. The maximum atomic E-state index is 5.23. The molecule has 9 aromatic carbocycles. The van der Waals surface area contributed by atoms with Gasteiger partial charge in [-0.05, 0) is 110 Å². The second kappa shape index (κ2) is 11.0. The van der Waals surface area contributed by atoms with Gasteiger partial charge in [-0.15, -0.1) is 0 Å².